The van der Waals surface area contributed by atoms with E-state index in [0.717, 1.165) is 38.1 Å². The molecule has 5 nitrogen and oxygen atoms in total. The molecular weight excluding hydrogens is 340 g/mol. The minimum absolute atomic E-state index is 0.00782. The average molecular weight is 363 g/mol. The summed E-state index contributed by atoms with van der Waals surface area (Å²) >= 11 is 0. The zero-order chi connectivity index (χ0) is 18.5. The van der Waals surface area contributed by atoms with Crippen molar-refractivity contribution in [2.24, 2.45) is 0 Å². The Labute approximate surface area is 151 Å². The number of rotatable bonds is 6. The molecule has 2 aromatic rings. The topological polar surface area (TPSA) is 47.4 Å². The Hall–Kier alpha value is -2.44. The van der Waals surface area contributed by atoms with Crippen molar-refractivity contribution in [2.45, 2.75) is 51.8 Å². The number of benzene rings is 1. The number of nitrogens with zero attached hydrogens (tertiary/aromatic N) is 3. The minimum Gasteiger partial charge on any atom is -0.435 e. The van der Waals surface area contributed by atoms with Crippen molar-refractivity contribution < 1.29 is 18.3 Å². The van der Waals surface area contributed by atoms with Crippen molar-refractivity contribution in [3.63, 3.8) is 0 Å². The highest BCUT2D eigenvalue weighted by molar-refractivity contribution is 5.94. The van der Waals surface area contributed by atoms with Gasteiger partial charge in [-0.1, -0.05) is 6.07 Å². The van der Waals surface area contributed by atoms with Gasteiger partial charge < -0.3 is 14.2 Å². The maximum absolute atomic E-state index is 12.9. The maximum atomic E-state index is 12.9. The Morgan fingerprint density at radius 2 is 2.23 bits per heavy atom. The Morgan fingerprint density at radius 1 is 1.38 bits per heavy atom. The van der Waals surface area contributed by atoms with Crippen LogP contribution in [0.3, 0.4) is 0 Å². The fourth-order valence-corrected chi connectivity index (χ4v) is 3.47. The molecule has 0 saturated carbocycles. The normalized spacial score (nSPS) is 17.5. The van der Waals surface area contributed by atoms with Crippen molar-refractivity contribution in [2.75, 3.05) is 6.54 Å². The van der Waals surface area contributed by atoms with Gasteiger partial charge in [0.25, 0.3) is 5.91 Å². The predicted molar refractivity (Wildman–Crippen MR) is 93.3 cm³/mol. The summed E-state index contributed by atoms with van der Waals surface area (Å²) in [7, 11) is 0. The molecule has 1 atom stereocenters. The van der Waals surface area contributed by atoms with Crippen LogP contribution in [0.2, 0.25) is 0 Å². The minimum atomic E-state index is -2.90. The van der Waals surface area contributed by atoms with E-state index in [9.17, 15) is 13.6 Å². The summed E-state index contributed by atoms with van der Waals surface area (Å²) in [6.45, 7) is 0.543. The van der Waals surface area contributed by atoms with E-state index in [1.165, 1.54) is 12.1 Å². The summed E-state index contributed by atoms with van der Waals surface area (Å²) in [5.74, 6) is 0.834. The molecule has 1 aromatic heterocycles. The molecule has 3 rings (SSSR count). The van der Waals surface area contributed by atoms with Crippen molar-refractivity contribution in [1.29, 1.82) is 0 Å². The van der Waals surface area contributed by atoms with Crippen LogP contribution in [0.5, 0.6) is 5.75 Å². The van der Waals surface area contributed by atoms with E-state index in [2.05, 4.69) is 14.3 Å². The SMILES string of the molecule is Cc1nccn1CC[C@H]1CCCCN1C(=O)c1cccc(OC(F)F)c1. The van der Waals surface area contributed by atoms with Gasteiger partial charge >= 0.3 is 6.61 Å². The van der Waals surface area contributed by atoms with E-state index in [-0.39, 0.29) is 17.7 Å². The molecule has 1 fully saturated rings. The van der Waals surface area contributed by atoms with E-state index in [0.29, 0.717) is 12.1 Å². The molecule has 1 aromatic carbocycles. The first-order chi connectivity index (χ1) is 12.5. The van der Waals surface area contributed by atoms with Crippen LogP contribution in [-0.2, 0) is 6.54 Å². The number of aromatic nitrogens is 2. The van der Waals surface area contributed by atoms with Gasteiger partial charge in [0.15, 0.2) is 0 Å². The van der Waals surface area contributed by atoms with Crippen molar-refractivity contribution >= 4 is 5.91 Å². The summed E-state index contributed by atoms with van der Waals surface area (Å²) in [6.07, 6.45) is 7.55. The summed E-state index contributed by atoms with van der Waals surface area (Å²) < 4.78 is 31.3. The zero-order valence-corrected chi connectivity index (χ0v) is 14.8. The number of amides is 1. The molecule has 26 heavy (non-hydrogen) atoms. The number of ether oxygens (including phenoxy) is 1. The van der Waals surface area contributed by atoms with E-state index in [1.54, 1.807) is 18.3 Å². The monoisotopic (exact) mass is 363 g/mol. The molecule has 7 heteroatoms. The van der Waals surface area contributed by atoms with E-state index < -0.39 is 6.61 Å². The molecule has 1 aliphatic rings. The van der Waals surface area contributed by atoms with Gasteiger partial charge in [0.05, 0.1) is 0 Å². The van der Waals surface area contributed by atoms with E-state index >= 15 is 0 Å². The molecular formula is C19H23F2N3O2. The summed E-state index contributed by atoms with van der Waals surface area (Å²) in [5.41, 5.74) is 0.383. The van der Waals surface area contributed by atoms with Crippen LogP contribution in [-0.4, -0.2) is 39.6 Å². The Kier molecular flexibility index (Phi) is 5.85. The molecule has 0 aliphatic carbocycles. The highest BCUT2D eigenvalue weighted by Gasteiger charge is 2.27. The summed E-state index contributed by atoms with van der Waals surface area (Å²) in [4.78, 5) is 19.0. The molecule has 0 radical (unpaired) electrons. The molecule has 0 bridgehead atoms. The Morgan fingerprint density at radius 3 is 2.96 bits per heavy atom. The van der Waals surface area contributed by atoms with Gasteiger partial charge in [0.1, 0.15) is 11.6 Å². The number of aryl methyl sites for hydroxylation is 2. The molecule has 0 spiro atoms. The number of carbonyl (C=O) groups excluding carboxylic acids is 1. The number of imidazole rings is 1. The first-order valence-corrected chi connectivity index (χ1v) is 8.88. The van der Waals surface area contributed by atoms with Gasteiger partial charge in [-0.05, 0) is 50.8 Å². The van der Waals surface area contributed by atoms with Gasteiger partial charge in [-0.2, -0.15) is 8.78 Å². The largest absolute Gasteiger partial charge is 0.435 e. The lowest BCUT2D eigenvalue weighted by Gasteiger charge is -2.36. The second-order valence-corrected chi connectivity index (χ2v) is 6.51. The molecule has 0 unspecified atom stereocenters. The summed E-state index contributed by atoms with van der Waals surface area (Å²) in [6, 6.07) is 6.17. The molecule has 1 amide bonds. The number of piperidine rings is 1. The van der Waals surface area contributed by atoms with Crippen LogP contribution in [0.25, 0.3) is 0 Å². The van der Waals surface area contributed by atoms with Crippen LogP contribution >= 0.6 is 0 Å². The fraction of sp³-hybridized carbons (Fsp3) is 0.474. The number of alkyl halides is 2. The van der Waals surface area contributed by atoms with Crippen LogP contribution in [0.1, 0.15) is 41.9 Å². The highest BCUT2D eigenvalue weighted by Crippen LogP contribution is 2.24. The van der Waals surface area contributed by atoms with E-state index in [1.807, 2.05) is 18.0 Å². The third kappa shape index (κ3) is 4.39. The maximum Gasteiger partial charge on any atom is 0.387 e. The number of halogens is 2. The second kappa shape index (κ2) is 8.29. The van der Waals surface area contributed by atoms with Crippen molar-refractivity contribution in [3.05, 3.63) is 48.0 Å². The lowest BCUT2D eigenvalue weighted by Crippen LogP contribution is -2.44. The Bertz CT molecular complexity index is 748. The Balaban J connectivity index is 1.70. The third-order valence-electron chi connectivity index (χ3n) is 4.82. The predicted octanol–water partition coefficient (Wildman–Crippen LogP) is 3.88. The van der Waals surface area contributed by atoms with Crippen LogP contribution in [0, 0.1) is 6.92 Å². The zero-order valence-electron chi connectivity index (χ0n) is 14.8. The average Bonchev–Trinajstić information content (AvgIpc) is 3.04. The van der Waals surface area contributed by atoms with Gasteiger partial charge in [-0.25, -0.2) is 4.98 Å². The van der Waals surface area contributed by atoms with Gasteiger partial charge in [0.2, 0.25) is 0 Å². The second-order valence-electron chi connectivity index (χ2n) is 6.51. The van der Waals surface area contributed by atoms with Gasteiger partial charge in [-0.3, -0.25) is 4.79 Å². The smallest absolute Gasteiger partial charge is 0.387 e. The number of carbonyl (C=O) groups is 1. The van der Waals surface area contributed by atoms with Crippen molar-refractivity contribution in [1.82, 2.24) is 14.5 Å². The number of likely N-dealkylation sites (tertiary alicyclic amines) is 1. The first-order valence-electron chi connectivity index (χ1n) is 8.88. The molecule has 140 valence electrons. The lowest BCUT2D eigenvalue weighted by atomic mass is 9.98. The van der Waals surface area contributed by atoms with Crippen molar-refractivity contribution in [3.8, 4) is 5.75 Å². The molecule has 0 N–H and O–H groups in total. The molecule has 1 saturated heterocycles. The van der Waals surface area contributed by atoms with Gasteiger partial charge in [0, 0.05) is 37.1 Å². The number of hydrogen-bond acceptors (Lipinski definition) is 3. The van der Waals surface area contributed by atoms with Gasteiger partial charge in [-0.15, -0.1) is 0 Å². The van der Waals surface area contributed by atoms with Crippen LogP contribution < -0.4 is 4.74 Å². The van der Waals surface area contributed by atoms with Crippen LogP contribution in [0.4, 0.5) is 8.78 Å². The molecule has 2 heterocycles. The highest BCUT2D eigenvalue weighted by atomic mass is 19.3. The third-order valence-corrected chi connectivity index (χ3v) is 4.82. The standard InChI is InChI=1S/C19H23F2N3O2/c1-14-22-9-12-23(14)11-8-16-6-2-3-10-24(16)18(25)15-5-4-7-17(13-15)26-19(20)21/h4-5,7,9,12-13,16,19H,2-3,6,8,10-11H2,1H3/t16-/m1/s1. The number of hydrogen-bond donors (Lipinski definition) is 0. The summed E-state index contributed by atoms with van der Waals surface area (Å²) in [5, 5.41) is 0. The van der Waals surface area contributed by atoms with Crippen LogP contribution in [0.15, 0.2) is 36.7 Å². The quantitative estimate of drug-likeness (QED) is 0.783. The fourth-order valence-electron chi connectivity index (χ4n) is 3.47. The molecule has 1 aliphatic heterocycles. The van der Waals surface area contributed by atoms with E-state index in [4.69, 9.17) is 0 Å². The lowest BCUT2D eigenvalue weighted by molar-refractivity contribution is -0.0499. The first kappa shape index (κ1) is 18.4.